The fourth-order valence-electron chi connectivity index (χ4n) is 2.21. The number of nitrogens with two attached hydrogens (primary N) is 1. The second kappa shape index (κ2) is 7.20. The summed E-state index contributed by atoms with van der Waals surface area (Å²) in [6.45, 7) is 8.22. The number of hydrogen-bond acceptors (Lipinski definition) is 3. The topological polar surface area (TPSA) is 38.5 Å². The van der Waals surface area contributed by atoms with Crippen LogP contribution in [-0.4, -0.2) is 43.3 Å². The maximum atomic E-state index is 5.85. The zero-order chi connectivity index (χ0) is 11.1. The summed E-state index contributed by atoms with van der Waals surface area (Å²) in [7, 11) is 0. The molecule has 1 aliphatic heterocycles. The molecule has 1 aliphatic rings. The molecule has 0 aromatic heterocycles. The minimum atomic E-state index is 0.425. The van der Waals surface area contributed by atoms with Gasteiger partial charge in [0.2, 0.25) is 0 Å². The lowest BCUT2D eigenvalue weighted by atomic mass is 10.1. The van der Waals surface area contributed by atoms with E-state index in [9.17, 15) is 0 Å². The Kier molecular flexibility index (Phi) is 6.22. The Morgan fingerprint density at radius 3 is 2.87 bits per heavy atom. The zero-order valence-corrected chi connectivity index (χ0v) is 10.2. The van der Waals surface area contributed by atoms with Gasteiger partial charge in [-0.05, 0) is 12.8 Å². The normalized spacial score (nSPS) is 25.4. The first-order valence-electron chi connectivity index (χ1n) is 6.37. The van der Waals surface area contributed by atoms with Crippen molar-refractivity contribution in [3.8, 4) is 0 Å². The summed E-state index contributed by atoms with van der Waals surface area (Å²) in [5, 5.41) is 0. The average molecular weight is 214 g/mol. The van der Waals surface area contributed by atoms with Gasteiger partial charge in [0.15, 0.2) is 0 Å². The van der Waals surface area contributed by atoms with E-state index < -0.39 is 0 Å². The molecule has 2 unspecified atom stereocenters. The largest absolute Gasteiger partial charge is 0.376 e. The van der Waals surface area contributed by atoms with Gasteiger partial charge in [-0.3, -0.25) is 4.90 Å². The number of nitrogens with zero attached hydrogens (tertiary/aromatic N) is 1. The minimum absolute atomic E-state index is 0.425. The maximum absolute atomic E-state index is 5.85. The molecule has 0 amide bonds. The van der Waals surface area contributed by atoms with E-state index in [2.05, 4.69) is 18.7 Å². The van der Waals surface area contributed by atoms with Crippen LogP contribution >= 0.6 is 0 Å². The molecule has 1 fully saturated rings. The molecule has 0 bridgehead atoms. The van der Waals surface area contributed by atoms with Crippen molar-refractivity contribution in [3.63, 3.8) is 0 Å². The molecule has 90 valence electrons. The highest BCUT2D eigenvalue weighted by Crippen LogP contribution is 2.14. The fraction of sp³-hybridized carbons (Fsp3) is 1.00. The molecule has 1 rings (SSSR count). The number of morpholine rings is 1. The Hall–Kier alpha value is -0.120. The van der Waals surface area contributed by atoms with E-state index in [4.69, 9.17) is 10.5 Å². The molecule has 2 N–H and O–H groups in total. The molecule has 0 spiro atoms. The highest BCUT2D eigenvalue weighted by atomic mass is 16.5. The summed E-state index contributed by atoms with van der Waals surface area (Å²) >= 11 is 0. The molecule has 0 aromatic rings. The lowest BCUT2D eigenvalue weighted by molar-refractivity contribution is -0.0444. The molecule has 2 atom stereocenters. The molecule has 1 heterocycles. The smallest absolute Gasteiger partial charge is 0.0700 e. The average Bonchev–Trinajstić information content (AvgIpc) is 2.30. The van der Waals surface area contributed by atoms with Crippen LogP contribution in [0.3, 0.4) is 0 Å². The quantitative estimate of drug-likeness (QED) is 0.730. The first-order chi connectivity index (χ1) is 7.31. The zero-order valence-electron chi connectivity index (χ0n) is 10.2. The molecule has 0 aromatic carbocycles. The van der Waals surface area contributed by atoms with Gasteiger partial charge in [0, 0.05) is 25.7 Å². The minimum Gasteiger partial charge on any atom is -0.376 e. The second-order valence-corrected chi connectivity index (χ2v) is 4.43. The number of rotatable bonds is 6. The van der Waals surface area contributed by atoms with Crippen molar-refractivity contribution >= 4 is 0 Å². The molecule has 3 nitrogen and oxygen atoms in total. The Bertz CT molecular complexity index is 164. The Morgan fingerprint density at radius 1 is 1.47 bits per heavy atom. The van der Waals surface area contributed by atoms with Crippen LogP contribution in [0.4, 0.5) is 0 Å². The van der Waals surface area contributed by atoms with Crippen LogP contribution in [0.2, 0.25) is 0 Å². The van der Waals surface area contributed by atoms with Gasteiger partial charge in [0.1, 0.15) is 0 Å². The van der Waals surface area contributed by atoms with Crippen LogP contribution in [0.1, 0.15) is 39.5 Å². The predicted octanol–water partition coefficient (Wildman–Crippen LogP) is 1.61. The van der Waals surface area contributed by atoms with E-state index in [0.717, 1.165) is 32.7 Å². The molecular weight excluding hydrogens is 188 g/mol. The van der Waals surface area contributed by atoms with E-state index in [-0.39, 0.29) is 0 Å². The number of hydrogen-bond donors (Lipinski definition) is 1. The first-order valence-corrected chi connectivity index (χ1v) is 6.37. The third kappa shape index (κ3) is 4.09. The highest BCUT2D eigenvalue weighted by molar-refractivity contribution is 4.78. The summed E-state index contributed by atoms with van der Waals surface area (Å²) in [4.78, 5) is 2.52. The molecule has 0 aliphatic carbocycles. The van der Waals surface area contributed by atoms with Crippen LogP contribution in [0.25, 0.3) is 0 Å². The van der Waals surface area contributed by atoms with Crippen molar-refractivity contribution in [3.05, 3.63) is 0 Å². The van der Waals surface area contributed by atoms with Gasteiger partial charge in [0.05, 0.1) is 12.7 Å². The van der Waals surface area contributed by atoms with E-state index in [1.54, 1.807) is 0 Å². The van der Waals surface area contributed by atoms with Gasteiger partial charge >= 0.3 is 0 Å². The molecule has 0 saturated carbocycles. The summed E-state index contributed by atoms with van der Waals surface area (Å²) in [5.41, 5.74) is 5.85. The highest BCUT2D eigenvalue weighted by Gasteiger charge is 2.24. The van der Waals surface area contributed by atoms with Crippen molar-refractivity contribution in [2.24, 2.45) is 5.73 Å². The Balaban J connectivity index is 2.37. The molecule has 0 radical (unpaired) electrons. The second-order valence-electron chi connectivity index (χ2n) is 4.43. The Morgan fingerprint density at radius 2 is 2.27 bits per heavy atom. The predicted molar refractivity (Wildman–Crippen MR) is 64.0 cm³/mol. The fourth-order valence-corrected chi connectivity index (χ4v) is 2.21. The third-order valence-corrected chi connectivity index (χ3v) is 3.30. The maximum Gasteiger partial charge on any atom is 0.0700 e. The first kappa shape index (κ1) is 12.9. The van der Waals surface area contributed by atoms with Crippen LogP contribution in [-0.2, 0) is 4.74 Å². The molecule has 15 heavy (non-hydrogen) atoms. The van der Waals surface area contributed by atoms with Crippen molar-refractivity contribution in [2.75, 3.05) is 26.2 Å². The number of ether oxygens (including phenoxy) is 1. The summed E-state index contributed by atoms with van der Waals surface area (Å²) < 4.78 is 5.67. The lowest BCUT2D eigenvalue weighted by Crippen LogP contribution is -2.50. The SMILES string of the molecule is CCCCC(CN)N1CCOC(CC)C1. The number of unbranched alkanes of at least 4 members (excludes halogenated alkanes) is 1. The van der Waals surface area contributed by atoms with Crippen LogP contribution in [0.5, 0.6) is 0 Å². The van der Waals surface area contributed by atoms with Gasteiger partial charge in [-0.1, -0.05) is 26.7 Å². The van der Waals surface area contributed by atoms with E-state index in [0.29, 0.717) is 12.1 Å². The van der Waals surface area contributed by atoms with Gasteiger partial charge in [-0.25, -0.2) is 0 Å². The van der Waals surface area contributed by atoms with Gasteiger partial charge in [-0.15, -0.1) is 0 Å². The van der Waals surface area contributed by atoms with Crippen LogP contribution in [0.15, 0.2) is 0 Å². The summed E-state index contributed by atoms with van der Waals surface area (Å²) in [5.74, 6) is 0. The van der Waals surface area contributed by atoms with Crippen molar-refractivity contribution in [1.82, 2.24) is 4.90 Å². The van der Waals surface area contributed by atoms with Gasteiger partial charge in [0.25, 0.3) is 0 Å². The van der Waals surface area contributed by atoms with Crippen molar-refractivity contribution in [2.45, 2.75) is 51.7 Å². The Labute approximate surface area is 94.0 Å². The van der Waals surface area contributed by atoms with E-state index >= 15 is 0 Å². The van der Waals surface area contributed by atoms with E-state index in [1.807, 2.05) is 0 Å². The molecule has 3 heteroatoms. The standard InChI is InChI=1S/C12H26N2O/c1-3-5-6-11(9-13)14-7-8-15-12(4-2)10-14/h11-12H,3-10,13H2,1-2H3. The lowest BCUT2D eigenvalue weighted by Gasteiger charge is -2.37. The van der Waals surface area contributed by atoms with Crippen molar-refractivity contribution < 1.29 is 4.74 Å². The van der Waals surface area contributed by atoms with Gasteiger partial charge < -0.3 is 10.5 Å². The molecule has 1 saturated heterocycles. The van der Waals surface area contributed by atoms with Gasteiger partial charge in [-0.2, -0.15) is 0 Å². The summed E-state index contributed by atoms with van der Waals surface area (Å²) in [6.07, 6.45) is 5.33. The summed E-state index contributed by atoms with van der Waals surface area (Å²) in [6, 6.07) is 0.572. The van der Waals surface area contributed by atoms with Crippen LogP contribution < -0.4 is 5.73 Å². The van der Waals surface area contributed by atoms with Crippen molar-refractivity contribution in [1.29, 1.82) is 0 Å². The monoisotopic (exact) mass is 214 g/mol. The third-order valence-electron chi connectivity index (χ3n) is 3.30. The molecular formula is C12H26N2O. The van der Waals surface area contributed by atoms with Crippen LogP contribution in [0, 0.1) is 0 Å². The van der Waals surface area contributed by atoms with E-state index in [1.165, 1.54) is 19.3 Å².